The van der Waals surface area contributed by atoms with Crippen molar-refractivity contribution in [1.82, 2.24) is 0 Å². The predicted molar refractivity (Wildman–Crippen MR) is 66.9 cm³/mol. The van der Waals surface area contributed by atoms with E-state index in [9.17, 15) is 4.79 Å². The molecule has 94 valence electrons. The maximum atomic E-state index is 11.4. The zero-order valence-electron chi connectivity index (χ0n) is 11.5. The Morgan fingerprint density at radius 3 is 2.25 bits per heavy atom. The standard InChI is InChI=1S/C13H26N2O/c1-12(2)7-6-8-13(3,9-12)10-15(4,5)11(14)16/h6-10H2,1-5H3,(H-,14,16)/p+1. The van der Waals surface area contributed by atoms with E-state index >= 15 is 0 Å². The van der Waals surface area contributed by atoms with Gasteiger partial charge in [0.2, 0.25) is 0 Å². The highest BCUT2D eigenvalue weighted by Gasteiger charge is 2.42. The average molecular weight is 227 g/mol. The third-order valence-electron chi connectivity index (χ3n) is 3.91. The fourth-order valence-electron chi connectivity index (χ4n) is 3.49. The van der Waals surface area contributed by atoms with Gasteiger partial charge in [-0.2, -0.15) is 0 Å². The number of quaternary nitrogens is 1. The first-order valence-corrected chi connectivity index (χ1v) is 6.19. The van der Waals surface area contributed by atoms with E-state index in [1.165, 1.54) is 25.7 Å². The van der Waals surface area contributed by atoms with E-state index in [2.05, 4.69) is 20.8 Å². The second-order valence-electron chi connectivity index (χ2n) is 7.19. The minimum atomic E-state index is -0.232. The number of hydrogen-bond donors (Lipinski definition) is 1. The summed E-state index contributed by atoms with van der Waals surface area (Å²) >= 11 is 0. The van der Waals surface area contributed by atoms with Crippen LogP contribution in [0.25, 0.3) is 0 Å². The van der Waals surface area contributed by atoms with Crippen LogP contribution in [0.1, 0.15) is 46.5 Å². The van der Waals surface area contributed by atoms with E-state index in [1.54, 1.807) is 0 Å². The van der Waals surface area contributed by atoms with Crippen LogP contribution in [0.3, 0.4) is 0 Å². The summed E-state index contributed by atoms with van der Waals surface area (Å²) in [5.74, 6) is 0. The monoisotopic (exact) mass is 227 g/mol. The number of primary amides is 1. The van der Waals surface area contributed by atoms with Crippen molar-refractivity contribution in [3.63, 3.8) is 0 Å². The van der Waals surface area contributed by atoms with Gasteiger partial charge in [0, 0.05) is 5.41 Å². The van der Waals surface area contributed by atoms with Crippen molar-refractivity contribution < 1.29 is 9.28 Å². The number of urea groups is 1. The smallest absolute Gasteiger partial charge is 0.319 e. The first-order valence-electron chi connectivity index (χ1n) is 6.19. The molecular weight excluding hydrogens is 200 g/mol. The van der Waals surface area contributed by atoms with Crippen LogP contribution in [0.5, 0.6) is 0 Å². The third kappa shape index (κ3) is 3.21. The molecule has 3 heteroatoms. The number of amides is 2. The van der Waals surface area contributed by atoms with E-state index in [0.717, 1.165) is 6.54 Å². The molecule has 0 bridgehead atoms. The molecule has 1 aliphatic rings. The van der Waals surface area contributed by atoms with Gasteiger partial charge in [-0.05, 0) is 24.7 Å². The summed E-state index contributed by atoms with van der Waals surface area (Å²) in [6.45, 7) is 7.81. The van der Waals surface area contributed by atoms with Crippen molar-refractivity contribution in [2.24, 2.45) is 16.6 Å². The largest absolute Gasteiger partial charge is 0.413 e. The highest BCUT2D eigenvalue weighted by atomic mass is 16.2. The maximum absolute atomic E-state index is 11.4. The number of carbonyl (C=O) groups excluding carboxylic acids is 1. The summed E-state index contributed by atoms with van der Waals surface area (Å²) in [6, 6.07) is -0.232. The van der Waals surface area contributed by atoms with Gasteiger partial charge in [-0.3, -0.25) is 0 Å². The Balaban J connectivity index is 2.75. The van der Waals surface area contributed by atoms with Crippen molar-refractivity contribution in [3.8, 4) is 0 Å². The molecule has 0 aromatic carbocycles. The Kier molecular flexibility index (Phi) is 3.39. The van der Waals surface area contributed by atoms with Crippen LogP contribution < -0.4 is 5.73 Å². The van der Waals surface area contributed by atoms with Crippen molar-refractivity contribution in [3.05, 3.63) is 0 Å². The van der Waals surface area contributed by atoms with Crippen molar-refractivity contribution in [1.29, 1.82) is 0 Å². The molecular formula is C13H27N2O+. The summed E-state index contributed by atoms with van der Waals surface area (Å²) in [4.78, 5) is 11.4. The lowest BCUT2D eigenvalue weighted by Crippen LogP contribution is -2.55. The summed E-state index contributed by atoms with van der Waals surface area (Å²) in [7, 11) is 3.82. The molecule has 0 spiro atoms. The molecule has 2 N–H and O–H groups in total. The van der Waals surface area contributed by atoms with E-state index < -0.39 is 0 Å². The fraction of sp³-hybridized carbons (Fsp3) is 0.923. The summed E-state index contributed by atoms with van der Waals surface area (Å²) in [6.07, 6.45) is 4.97. The molecule has 0 radical (unpaired) electrons. The van der Waals surface area contributed by atoms with Crippen LogP contribution in [0.2, 0.25) is 0 Å². The van der Waals surface area contributed by atoms with Gasteiger partial charge in [0.25, 0.3) is 0 Å². The number of nitrogens with two attached hydrogens (primary N) is 1. The van der Waals surface area contributed by atoms with E-state index in [0.29, 0.717) is 9.90 Å². The second-order valence-corrected chi connectivity index (χ2v) is 7.19. The van der Waals surface area contributed by atoms with Crippen LogP contribution in [-0.4, -0.2) is 31.2 Å². The highest BCUT2D eigenvalue weighted by Crippen LogP contribution is 2.46. The van der Waals surface area contributed by atoms with Crippen LogP contribution in [0.4, 0.5) is 4.79 Å². The van der Waals surface area contributed by atoms with Crippen LogP contribution in [-0.2, 0) is 0 Å². The topological polar surface area (TPSA) is 43.1 Å². The lowest BCUT2D eigenvalue weighted by Gasteiger charge is -2.45. The zero-order valence-corrected chi connectivity index (χ0v) is 11.5. The Bertz CT molecular complexity index is 284. The lowest BCUT2D eigenvalue weighted by molar-refractivity contribution is -0.816. The van der Waals surface area contributed by atoms with Crippen molar-refractivity contribution in [2.45, 2.75) is 46.5 Å². The molecule has 16 heavy (non-hydrogen) atoms. The lowest BCUT2D eigenvalue weighted by atomic mass is 9.64. The van der Waals surface area contributed by atoms with Gasteiger partial charge in [0.15, 0.2) is 0 Å². The van der Waals surface area contributed by atoms with Gasteiger partial charge in [0.05, 0.1) is 20.6 Å². The van der Waals surface area contributed by atoms with Gasteiger partial charge < -0.3 is 5.73 Å². The number of nitrogens with zero attached hydrogens (tertiary/aromatic N) is 1. The molecule has 1 rings (SSSR count). The molecule has 1 fully saturated rings. The van der Waals surface area contributed by atoms with Gasteiger partial charge in [-0.1, -0.05) is 27.2 Å². The Morgan fingerprint density at radius 2 is 1.81 bits per heavy atom. The third-order valence-corrected chi connectivity index (χ3v) is 3.91. The zero-order chi connectivity index (χ0) is 12.6. The van der Waals surface area contributed by atoms with Crippen molar-refractivity contribution in [2.75, 3.05) is 20.6 Å². The highest BCUT2D eigenvalue weighted by molar-refractivity contribution is 5.63. The molecule has 3 nitrogen and oxygen atoms in total. The molecule has 0 aromatic heterocycles. The fourth-order valence-corrected chi connectivity index (χ4v) is 3.49. The first kappa shape index (κ1) is 13.5. The first-order chi connectivity index (χ1) is 7.06. The summed E-state index contributed by atoms with van der Waals surface area (Å²) < 4.78 is 0.298. The number of rotatable bonds is 2. The minimum Gasteiger partial charge on any atom is -0.319 e. The molecule has 0 aliphatic heterocycles. The maximum Gasteiger partial charge on any atom is 0.413 e. The van der Waals surface area contributed by atoms with E-state index in [1.807, 2.05) is 14.1 Å². The molecule has 2 amide bonds. The predicted octanol–water partition coefficient (Wildman–Crippen LogP) is 2.75. The Morgan fingerprint density at radius 1 is 1.25 bits per heavy atom. The molecule has 0 heterocycles. The molecule has 0 saturated heterocycles. The normalized spacial score (nSPS) is 30.1. The molecule has 1 aliphatic carbocycles. The molecule has 1 saturated carbocycles. The van der Waals surface area contributed by atoms with Crippen LogP contribution in [0, 0.1) is 10.8 Å². The average Bonchev–Trinajstić information content (AvgIpc) is 1.98. The van der Waals surface area contributed by atoms with Crippen LogP contribution >= 0.6 is 0 Å². The van der Waals surface area contributed by atoms with Crippen molar-refractivity contribution >= 4 is 6.03 Å². The SMILES string of the molecule is CC1(C)CCCC(C)(C[N+](C)(C)C(N)=O)C1. The minimum absolute atomic E-state index is 0.232. The Hall–Kier alpha value is -0.570. The van der Waals surface area contributed by atoms with Gasteiger partial charge >= 0.3 is 6.03 Å². The Labute approximate surface area is 99.6 Å². The van der Waals surface area contributed by atoms with Crippen LogP contribution in [0.15, 0.2) is 0 Å². The number of hydrogen-bond acceptors (Lipinski definition) is 1. The molecule has 1 atom stereocenters. The van der Waals surface area contributed by atoms with E-state index in [-0.39, 0.29) is 11.4 Å². The summed E-state index contributed by atoms with van der Waals surface area (Å²) in [5, 5.41) is 0. The van der Waals surface area contributed by atoms with Gasteiger partial charge in [-0.25, -0.2) is 9.28 Å². The quantitative estimate of drug-likeness (QED) is 0.724. The second kappa shape index (κ2) is 4.02. The van der Waals surface area contributed by atoms with Gasteiger partial charge in [0.1, 0.15) is 0 Å². The molecule has 0 aromatic rings. The summed E-state index contributed by atoms with van der Waals surface area (Å²) in [5.41, 5.74) is 6.10. The van der Waals surface area contributed by atoms with E-state index in [4.69, 9.17) is 5.73 Å². The molecule has 1 unspecified atom stereocenters. The number of carbonyl (C=O) groups is 1. The van der Waals surface area contributed by atoms with Gasteiger partial charge in [-0.15, -0.1) is 0 Å².